The number of nitrogens with one attached hydrogen (secondary N) is 2. The lowest BCUT2D eigenvalue weighted by atomic mass is 9.79. The van der Waals surface area contributed by atoms with Crippen LogP contribution >= 0.6 is 11.6 Å². The number of carbonyl (C=O) groups excluding carboxylic acids is 2. The molecule has 2 saturated heterocycles. The fraction of sp³-hybridized carbons (Fsp3) is 0.436. The Kier molecular flexibility index (Phi) is 10.2. The molecule has 15 heteroatoms. The van der Waals surface area contributed by atoms with Crippen LogP contribution in [-0.2, 0) is 9.59 Å². The number of benzene rings is 1. The highest BCUT2D eigenvalue weighted by Gasteiger charge is 2.29. The second kappa shape index (κ2) is 15.5. The quantitative estimate of drug-likeness (QED) is 0.177. The number of imide groups is 1. The predicted octanol–water partition coefficient (Wildman–Crippen LogP) is 5.38. The highest BCUT2D eigenvalue weighted by molar-refractivity contribution is 6.31. The standard InChI is InChI=1S/C39H43ClN12O2/c1-25(20-41)45-33-19-36(52-38-29(21-44-52)18-30(40)22-43-38)42-23-35(33)51-24-34(47-48-51)28-4-2-26(3-5-28)12-13-49-14-16-50(17-15-49)31-8-6-27(7-9-31)32-10-11-37(53)46-39(32)54/h6-9,18-19,21-26,28,32H,2-5,10-17H2,1H3,(H,42,45)(H,46,53,54)/t25-,26?,28?,32?/m1/s1. The molecule has 2 aliphatic heterocycles. The smallest absolute Gasteiger partial charge is 0.234 e. The van der Waals surface area contributed by atoms with E-state index in [1.54, 1.807) is 34.9 Å². The third-order valence-corrected chi connectivity index (χ3v) is 11.4. The number of pyridine rings is 2. The zero-order chi connectivity index (χ0) is 37.2. The summed E-state index contributed by atoms with van der Waals surface area (Å²) < 4.78 is 3.40. The molecule has 1 aromatic carbocycles. The van der Waals surface area contributed by atoms with Crippen LogP contribution < -0.4 is 15.5 Å². The molecule has 2 N–H and O–H groups in total. The van der Waals surface area contributed by atoms with E-state index in [9.17, 15) is 14.9 Å². The lowest BCUT2D eigenvalue weighted by Crippen LogP contribution is -2.47. The van der Waals surface area contributed by atoms with Gasteiger partial charge in [-0.3, -0.25) is 19.8 Å². The number of piperazine rings is 1. The number of anilines is 2. The number of piperidine rings is 1. The Balaban J connectivity index is 0.832. The number of halogens is 1. The molecule has 1 saturated carbocycles. The van der Waals surface area contributed by atoms with Gasteiger partial charge in [0, 0.05) is 61.9 Å². The van der Waals surface area contributed by atoms with Crippen molar-refractivity contribution in [3.05, 3.63) is 77.5 Å². The molecule has 6 heterocycles. The van der Waals surface area contributed by atoms with Crippen molar-refractivity contribution in [3.8, 4) is 17.6 Å². The minimum Gasteiger partial charge on any atom is -0.369 e. The number of hydrogen-bond acceptors (Lipinski definition) is 11. The first-order valence-electron chi connectivity index (χ1n) is 18.8. The van der Waals surface area contributed by atoms with E-state index < -0.39 is 6.04 Å². The first kappa shape index (κ1) is 35.6. The van der Waals surface area contributed by atoms with Crippen LogP contribution in [0.3, 0.4) is 0 Å². The number of amides is 2. The number of hydrogen-bond donors (Lipinski definition) is 2. The fourth-order valence-corrected chi connectivity index (χ4v) is 8.20. The maximum absolute atomic E-state index is 12.3. The second-order valence-corrected chi connectivity index (χ2v) is 15.1. The highest BCUT2D eigenvalue weighted by atomic mass is 35.5. The average Bonchev–Trinajstić information content (AvgIpc) is 3.85. The van der Waals surface area contributed by atoms with E-state index in [1.165, 1.54) is 24.9 Å². The van der Waals surface area contributed by atoms with Crippen LogP contribution in [0.1, 0.15) is 75.0 Å². The molecule has 1 aliphatic carbocycles. The molecular weight excluding hydrogens is 704 g/mol. The lowest BCUT2D eigenvalue weighted by molar-refractivity contribution is -0.134. The van der Waals surface area contributed by atoms with Crippen LogP contribution in [0.25, 0.3) is 22.5 Å². The fourth-order valence-electron chi connectivity index (χ4n) is 8.03. The highest BCUT2D eigenvalue weighted by Crippen LogP contribution is 2.37. The molecule has 8 rings (SSSR count). The van der Waals surface area contributed by atoms with E-state index in [-0.39, 0.29) is 17.7 Å². The summed E-state index contributed by atoms with van der Waals surface area (Å²) in [5.74, 6) is 0.998. The van der Waals surface area contributed by atoms with Crippen molar-refractivity contribution >= 4 is 45.8 Å². The minimum atomic E-state index is -0.446. The third kappa shape index (κ3) is 7.65. The SMILES string of the molecule is C[C@H](C#N)Nc1cc(-n2ncc3cc(Cl)cnc32)ncc1-n1cc(C2CCC(CCN3CCN(c4ccc(C5CCC(=O)NC5=O)cc4)CC3)CC2)nn1. The monoisotopic (exact) mass is 746 g/mol. The number of carbonyl (C=O) groups is 2. The van der Waals surface area contributed by atoms with E-state index in [0.717, 1.165) is 62.2 Å². The summed E-state index contributed by atoms with van der Waals surface area (Å²) in [7, 11) is 0. The molecule has 0 bridgehead atoms. The zero-order valence-corrected chi connectivity index (χ0v) is 31.0. The number of nitriles is 1. The molecule has 3 fully saturated rings. The van der Waals surface area contributed by atoms with Gasteiger partial charge in [-0.15, -0.1) is 5.10 Å². The Morgan fingerprint density at radius 3 is 2.56 bits per heavy atom. The van der Waals surface area contributed by atoms with E-state index in [1.807, 2.05) is 30.5 Å². The molecule has 4 aromatic heterocycles. The molecule has 2 amide bonds. The molecule has 2 atom stereocenters. The van der Waals surface area contributed by atoms with Crippen LogP contribution in [0.15, 0.2) is 61.2 Å². The van der Waals surface area contributed by atoms with Gasteiger partial charge in [-0.2, -0.15) is 15.0 Å². The Morgan fingerprint density at radius 2 is 1.80 bits per heavy atom. The molecule has 14 nitrogen and oxygen atoms in total. The molecule has 54 heavy (non-hydrogen) atoms. The van der Waals surface area contributed by atoms with Gasteiger partial charge in [0.25, 0.3) is 0 Å². The van der Waals surface area contributed by atoms with Gasteiger partial charge in [0.05, 0.1) is 47.0 Å². The van der Waals surface area contributed by atoms with E-state index in [0.29, 0.717) is 52.5 Å². The summed E-state index contributed by atoms with van der Waals surface area (Å²) in [5, 5.41) is 30.2. The van der Waals surface area contributed by atoms with Crippen molar-refractivity contribution in [1.82, 2.24) is 45.0 Å². The Bertz CT molecular complexity index is 2180. The van der Waals surface area contributed by atoms with Crippen LogP contribution in [-0.4, -0.2) is 90.2 Å². The van der Waals surface area contributed by atoms with Crippen molar-refractivity contribution in [3.63, 3.8) is 0 Å². The summed E-state index contributed by atoms with van der Waals surface area (Å²) in [6.07, 6.45) is 13.7. The topological polar surface area (TPSA) is 163 Å². The Hall–Kier alpha value is -5.39. The number of fused-ring (bicyclic) bond motifs is 1. The first-order chi connectivity index (χ1) is 26.3. The van der Waals surface area contributed by atoms with Gasteiger partial charge in [0.1, 0.15) is 11.7 Å². The second-order valence-electron chi connectivity index (χ2n) is 14.7. The van der Waals surface area contributed by atoms with Crippen LogP contribution in [0.4, 0.5) is 11.4 Å². The normalized spacial score (nSPS) is 21.5. The predicted molar refractivity (Wildman–Crippen MR) is 205 cm³/mol. The van der Waals surface area contributed by atoms with E-state index >= 15 is 0 Å². The number of nitrogens with zero attached hydrogens (tertiary/aromatic N) is 10. The van der Waals surface area contributed by atoms with Crippen LogP contribution in [0.2, 0.25) is 5.02 Å². The minimum absolute atomic E-state index is 0.181. The van der Waals surface area contributed by atoms with Gasteiger partial charge in [-0.25, -0.2) is 14.6 Å². The van der Waals surface area contributed by atoms with Crippen molar-refractivity contribution in [2.24, 2.45) is 5.92 Å². The lowest BCUT2D eigenvalue weighted by Gasteiger charge is -2.37. The van der Waals surface area contributed by atoms with Crippen LogP contribution in [0.5, 0.6) is 0 Å². The third-order valence-electron chi connectivity index (χ3n) is 11.2. The summed E-state index contributed by atoms with van der Waals surface area (Å²) in [6.45, 7) is 6.96. The summed E-state index contributed by atoms with van der Waals surface area (Å²) >= 11 is 6.13. The van der Waals surface area contributed by atoms with Crippen molar-refractivity contribution in [2.45, 2.75) is 69.7 Å². The largest absolute Gasteiger partial charge is 0.369 e. The van der Waals surface area contributed by atoms with Gasteiger partial charge >= 0.3 is 0 Å². The van der Waals surface area contributed by atoms with Gasteiger partial charge in [0.15, 0.2) is 11.5 Å². The molecule has 1 unspecified atom stereocenters. The molecule has 0 radical (unpaired) electrons. The summed E-state index contributed by atoms with van der Waals surface area (Å²) in [6, 6.07) is 13.8. The van der Waals surface area contributed by atoms with Gasteiger partial charge in [0.2, 0.25) is 11.8 Å². The molecule has 5 aromatic rings. The number of aromatic nitrogens is 7. The summed E-state index contributed by atoms with van der Waals surface area (Å²) in [4.78, 5) is 37.9. The van der Waals surface area contributed by atoms with Gasteiger partial charge < -0.3 is 10.2 Å². The van der Waals surface area contributed by atoms with Gasteiger partial charge in [-0.05, 0) is 81.7 Å². The number of rotatable bonds is 10. The maximum atomic E-state index is 12.3. The van der Waals surface area contributed by atoms with Gasteiger partial charge in [-0.1, -0.05) is 28.9 Å². The average molecular weight is 747 g/mol. The van der Waals surface area contributed by atoms with Crippen molar-refractivity contribution in [1.29, 1.82) is 5.26 Å². The van der Waals surface area contributed by atoms with Crippen molar-refractivity contribution in [2.75, 3.05) is 42.9 Å². The molecular formula is C39H43ClN12O2. The van der Waals surface area contributed by atoms with E-state index in [2.05, 4.69) is 64.0 Å². The zero-order valence-electron chi connectivity index (χ0n) is 30.2. The van der Waals surface area contributed by atoms with Crippen molar-refractivity contribution < 1.29 is 9.59 Å². The molecule has 3 aliphatic rings. The summed E-state index contributed by atoms with van der Waals surface area (Å²) in [5.41, 5.74) is 5.17. The van der Waals surface area contributed by atoms with E-state index in [4.69, 9.17) is 11.6 Å². The molecule has 278 valence electrons. The molecule has 0 spiro atoms. The first-order valence-corrected chi connectivity index (χ1v) is 19.2. The Morgan fingerprint density at radius 1 is 1.00 bits per heavy atom. The van der Waals surface area contributed by atoms with Crippen LogP contribution in [0, 0.1) is 17.2 Å². The Labute approximate surface area is 318 Å². The maximum Gasteiger partial charge on any atom is 0.234 e.